The first-order valence-corrected chi connectivity index (χ1v) is 9.52. The number of benzene rings is 1. The molecule has 2 aromatic heterocycles. The summed E-state index contributed by atoms with van der Waals surface area (Å²) in [5, 5.41) is 12.0. The SMILES string of the molecule is Cc1ccc(-n2nc(C)c(CC(=O)Nc3cc(C(C)(C)C)on3)c2C)cc1Cl. The molecule has 6 nitrogen and oxygen atoms in total. The van der Waals surface area contributed by atoms with Crippen molar-refractivity contribution >= 4 is 23.3 Å². The van der Waals surface area contributed by atoms with Crippen LogP contribution in [0, 0.1) is 20.8 Å². The number of rotatable bonds is 4. The summed E-state index contributed by atoms with van der Waals surface area (Å²) in [5.41, 5.74) is 4.30. The molecule has 1 aromatic carbocycles. The van der Waals surface area contributed by atoms with Crippen molar-refractivity contribution in [2.24, 2.45) is 0 Å². The molecule has 1 N–H and O–H groups in total. The topological polar surface area (TPSA) is 73.0 Å². The maximum Gasteiger partial charge on any atom is 0.230 e. The van der Waals surface area contributed by atoms with Crippen molar-refractivity contribution in [1.82, 2.24) is 14.9 Å². The van der Waals surface area contributed by atoms with E-state index in [1.54, 1.807) is 6.07 Å². The number of amides is 1. The molecule has 7 heteroatoms. The zero-order valence-electron chi connectivity index (χ0n) is 17.1. The van der Waals surface area contributed by atoms with E-state index in [2.05, 4.69) is 15.6 Å². The van der Waals surface area contributed by atoms with Crippen molar-refractivity contribution in [2.75, 3.05) is 5.32 Å². The number of hydrogen-bond donors (Lipinski definition) is 1. The molecule has 0 unspecified atom stereocenters. The van der Waals surface area contributed by atoms with E-state index in [-0.39, 0.29) is 17.7 Å². The van der Waals surface area contributed by atoms with Crippen LogP contribution in [0.5, 0.6) is 0 Å². The largest absolute Gasteiger partial charge is 0.359 e. The molecule has 0 bridgehead atoms. The molecular weight excluding hydrogens is 376 g/mol. The molecule has 0 fully saturated rings. The van der Waals surface area contributed by atoms with Crippen LogP contribution in [0.25, 0.3) is 5.69 Å². The van der Waals surface area contributed by atoms with Crippen LogP contribution in [0.15, 0.2) is 28.8 Å². The summed E-state index contributed by atoms with van der Waals surface area (Å²) in [6.45, 7) is 11.9. The van der Waals surface area contributed by atoms with E-state index in [9.17, 15) is 4.79 Å². The molecule has 0 aliphatic rings. The summed E-state index contributed by atoms with van der Waals surface area (Å²) in [6.07, 6.45) is 0.203. The van der Waals surface area contributed by atoms with Crippen molar-refractivity contribution in [3.05, 3.63) is 57.6 Å². The van der Waals surface area contributed by atoms with Crippen molar-refractivity contribution in [2.45, 2.75) is 53.4 Å². The maximum absolute atomic E-state index is 12.5. The standard InChI is InChI=1S/C21H25ClN4O2/c1-12-7-8-15(9-17(12)22)26-14(3)16(13(2)24-26)10-20(27)23-19-11-18(28-25-19)21(4,5)6/h7-9,11H,10H2,1-6H3,(H,23,25,27). The molecule has 0 spiro atoms. The molecular formula is C21H25ClN4O2. The lowest BCUT2D eigenvalue weighted by Crippen LogP contribution is -2.15. The second kappa shape index (κ2) is 7.43. The Morgan fingerprint density at radius 2 is 1.93 bits per heavy atom. The summed E-state index contributed by atoms with van der Waals surface area (Å²) in [7, 11) is 0. The number of hydrogen-bond acceptors (Lipinski definition) is 4. The van der Waals surface area contributed by atoms with Crippen LogP contribution in [0.1, 0.15) is 49.0 Å². The van der Waals surface area contributed by atoms with Gasteiger partial charge in [0, 0.05) is 27.8 Å². The number of carbonyl (C=O) groups is 1. The number of nitrogens with one attached hydrogen (secondary N) is 1. The Labute approximate surface area is 169 Å². The molecule has 148 valence electrons. The van der Waals surface area contributed by atoms with Crippen LogP contribution >= 0.6 is 11.6 Å². The molecule has 0 aliphatic carbocycles. The molecule has 3 aromatic rings. The van der Waals surface area contributed by atoms with Crippen LogP contribution in [-0.4, -0.2) is 20.8 Å². The van der Waals surface area contributed by atoms with E-state index < -0.39 is 0 Å². The van der Waals surface area contributed by atoms with Crippen molar-refractivity contribution in [3.8, 4) is 5.69 Å². The lowest BCUT2D eigenvalue weighted by atomic mass is 9.93. The number of aromatic nitrogens is 3. The van der Waals surface area contributed by atoms with Gasteiger partial charge in [0.15, 0.2) is 5.82 Å². The molecule has 1 amide bonds. The summed E-state index contributed by atoms with van der Waals surface area (Å²) < 4.78 is 7.13. The van der Waals surface area contributed by atoms with Gasteiger partial charge in [-0.2, -0.15) is 5.10 Å². The highest BCUT2D eigenvalue weighted by Gasteiger charge is 2.21. The van der Waals surface area contributed by atoms with E-state index >= 15 is 0 Å². The van der Waals surface area contributed by atoms with Gasteiger partial charge in [-0.3, -0.25) is 4.79 Å². The van der Waals surface area contributed by atoms with Crippen LogP contribution in [-0.2, 0) is 16.6 Å². The first kappa shape index (κ1) is 20.1. The molecule has 3 rings (SSSR count). The average molecular weight is 401 g/mol. The van der Waals surface area contributed by atoms with Crippen LogP contribution in [0.3, 0.4) is 0 Å². The second-order valence-electron chi connectivity index (χ2n) is 8.05. The average Bonchev–Trinajstić information content (AvgIpc) is 3.17. The predicted octanol–water partition coefficient (Wildman–Crippen LogP) is 4.92. The van der Waals surface area contributed by atoms with Crippen molar-refractivity contribution in [1.29, 1.82) is 0 Å². The molecule has 0 radical (unpaired) electrons. The Bertz CT molecular complexity index is 1030. The Hall–Kier alpha value is -2.60. The van der Waals surface area contributed by atoms with E-state index in [1.807, 2.05) is 64.4 Å². The summed E-state index contributed by atoms with van der Waals surface area (Å²) in [6, 6.07) is 7.56. The number of carbonyl (C=O) groups excluding carboxylic acids is 1. The zero-order valence-corrected chi connectivity index (χ0v) is 17.8. The molecule has 0 atom stereocenters. The number of halogens is 1. The lowest BCUT2D eigenvalue weighted by Gasteiger charge is -2.12. The lowest BCUT2D eigenvalue weighted by molar-refractivity contribution is -0.115. The summed E-state index contributed by atoms with van der Waals surface area (Å²) >= 11 is 6.25. The van der Waals surface area contributed by atoms with E-state index in [0.29, 0.717) is 10.8 Å². The Morgan fingerprint density at radius 1 is 1.21 bits per heavy atom. The van der Waals surface area contributed by atoms with Gasteiger partial charge in [-0.1, -0.05) is 43.6 Å². The first-order chi connectivity index (χ1) is 13.1. The summed E-state index contributed by atoms with van der Waals surface area (Å²) in [4.78, 5) is 12.5. The Morgan fingerprint density at radius 3 is 2.54 bits per heavy atom. The van der Waals surface area contributed by atoms with E-state index in [0.717, 1.165) is 34.0 Å². The van der Waals surface area contributed by atoms with E-state index in [4.69, 9.17) is 16.1 Å². The number of nitrogens with zero attached hydrogens (tertiary/aromatic N) is 3. The van der Waals surface area contributed by atoms with Gasteiger partial charge < -0.3 is 9.84 Å². The molecule has 2 heterocycles. The Kier molecular flexibility index (Phi) is 5.35. The maximum atomic E-state index is 12.5. The van der Waals surface area contributed by atoms with Gasteiger partial charge in [-0.15, -0.1) is 0 Å². The van der Waals surface area contributed by atoms with Crippen LogP contribution in [0.2, 0.25) is 5.02 Å². The fourth-order valence-electron chi connectivity index (χ4n) is 2.93. The summed E-state index contributed by atoms with van der Waals surface area (Å²) in [5.74, 6) is 0.976. The van der Waals surface area contributed by atoms with E-state index in [1.165, 1.54) is 0 Å². The highest BCUT2D eigenvalue weighted by molar-refractivity contribution is 6.31. The zero-order chi connectivity index (χ0) is 20.6. The predicted molar refractivity (Wildman–Crippen MR) is 110 cm³/mol. The van der Waals surface area contributed by atoms with Crippen LogP contribution < -0.4 is 5.32 Å². The smallest absolute Gasteiger partial charge is 0.230 e. The third kappa shape index (κ3) is 4.12. The van der Waals surface area contributed by atoms with Gasteiger partial charge in [0.25, 0.3) is 0 Å². The molecule has 0 aliphatic heterocycles. The highest BCUT2D eigenvalue weighted by Crippen LogP contribution is 2.25. The van der Waals surface area contributed by atoms with Crippen molar-refractivity contribution < 1.29 is 9.32 Å². The van der Waals surface area contributed by atoms with Crippen LogP contribution in [0.4, 0.5) is 5.82 Å². The molecule has 0 saturated carbocycles. The minimum atomic E-state index is -0.167. The Balaban J connectivity index is 1.79. The highest BCUT2D eigenvalue weighted by atomic mass is 35.5. The molecule has 0 saturated heterocycles. The normalized spacial score (nSPS) is 11.7. The van der Waals surface area contributed by atoms with Gasteiger partial charge in [-0.05, 0) is 38.5 Å². The fraction of sp³-hybridized carbons (Fsp3) is 0.381. The second-order valence-corrected chi connectivity index (χ2v) is 8.45. The minimum absolute atomic E-state index is 0.165. The van der Waals surface area contributed by atoms with Gasteiger partial charge >= 0.3 is 0 Å². The van der Waals surface area contributed by atoms with Gasteiger partial charge in [0.05, 0.1) is 17.8 Å². The quantitative estimate of drug-likeness (QED) is 0.674. The van der Waals surface area contributed by atoms with Gasteiger partial charge in [-0.25, -0.2) is 4.68 Å². The third-order valence-electron chi connectivity index (χ3n) is 4.70. The molecule has 28 heavy (non-hydrogen) atoms. The number of aryl methyl sites for hydroxylation is 2. The van der Waals surface area contributed by atoms with Gasteiger partial charge in [0.1, 0.15) is 5.76 Å². The van der Waals surface area contributed by atoms with Crippen molar-refractivity contribution in [3.63, 3.8) is 0 Å². The monoisotopic (exact) mass is 400 g/mol. The first-order valence-electron chi connectivity index (χ1n) is 9.15. The van der Waals surface area contributed by atoms with Gasteiger partial charge in [0.2, 0.25) is 5.91 Å². The number of anilines is 1. The minimum Gasteiger partial charge on any atom is -0.359 e. The fourth-order valence-corrected chi connectivity index (χ4v) is 3.11. The third-order valence-corrected chi connectivity index (χ3v) is 5.10.